The summed E-state index contributed by atoms with van der Waals surface area (Å²) in [6.07, 6.45) is 1.27. The Bertz CT molecular complexity index is 149. The predicted octanol–water partition coefficient (Wildman–Crippen LogP) is 0.219. The summed E-state index contributed by atoms with van der Waals surface area (Å²) < 4.78 is 4.87. The zero-order chi connectivity index (χ0) is 10.3. The third kappa shape index (κ3) is 6.54. The topological polar surface area (TPSA) is 55.6 Å². The molecule has 78 valence electrons. The first-order valence-corrected chi connectivity index (χ1v) is 4.56. The van der Waals surface area contributed by atoms with E-state index in [0.29, 0.717) is 19.6 Å². The van der Waals surface area contributed by atoms with E-state index in [2.05, 4.69) is 0 Å². The van der Waals surface area contributed by atoms with Crippen LogP contribution in [-0.2, 0) is 9.53 Å². The van der Waals surface area contributed by atoms with Crippen LogP contribution in [0, 0.1) is 0 Å². The van der Waals surface area contributed by atoms with Crippen molar-refractivity contribution in [3.63, 3.8) is 0 Å². The van der Waals surface area contributed by atoms with Gasteiger partial charge in [-0.15, -0.1) is 0 Å². The molecule has 0 heterocycles. The largest absolute Gasteiger partial charge is 0.383 e. The minimum atomic E-state index is 0.0970. The molecule has 0 aliphatic carbocycles. The lowest BCUT2D eigenvalue weighted by Crippen LogP contribution is -2.31. The molecule has 0 spiro atoms. The van der Waals surface area contributed by atoms with Gasteiger partial charge < -0.3 is 15.4 Å². The van der Waals surface area contributed by atoms with Crippen molar-refractivity contribution in [3.8, 4) is 0 Å². The number of amides is 1. The predicted molar refractivity (Wildman–Crippen MR) is 52.4 cm³/mol. The van der Waals surface area contributed by atoms with Crippen LogP contribution < -0.4 is 5.73 Å². The number of methoxy groups -OCH3 is 1. The van der Waals surface area contributed by atoms with Crippen LogP contribution in [0.1, 0.15) is 19.8 Å². The number of hydrogen-bond donors (Lipinski definition) is 1. The van der Waals surface area contributed by atoms with Gasteiger partial charge in [0.05, 0.1) is 6.61 Å². The van der Waals surface area contributed by atoms with Crippen LogP contribution in [0.15, 0.2) is 0 Å². The summed E-state index contributed by atoms with van der Waals surface area (Å²) in [5, 5.41) is 0. The molecule has 0 aromatic rings. The van der Waals surface area contributed by atoms with Crippen LogP contribution in [0.2, 0.25) is 0 Å². The van der Waals surface area contributed by atoms with E-state index in [0.717, 1.165) is 6.42 Å². The van der Waals surface area contributed by atoms with Crippen molar-refractivity contribution in [1.82, 2.24) is 4.90 Å². The maximum atomic E-state index is 11.4. The highest BCUT2D eigenvalue weighted by molar-refractivity contribution is 5.75. The molecule has 1 unspecified atom stereocenters. The second-order valence-electron chi connectivity index (χ2n) is 3.32. The van der Waals surface area contributed by atoms with Gasteiger partial charge in [0.25, 0.3) is 0 Å². The molecule has 0 radical (unpaired) electrons. The zero-order valence-corrected chi connectivity index (χ0v) is 8.75. The molecule has 0 saturated carbocycles. The molecule has 0 aliphatic heterocycles. The molecule has 13 heavy (non-hydrogen) atoms. The summed E-state index contributed by atoms with van der Waals surface area (Å²) in [5.41, 5.74) is 5.55. The van der Waals surface area contributed by atoms with Gasteiger partial charge in [-0.2, -0.15) is 0 Å². The van der Waals surface area contributed by atoms with Crippen molar-refractivity contribution < 1.29 is 9.53 Å². The standard InChI is InChI=1S/C9H20N2O2/c1-8(10)4-5-9(12)11(2)6-7-13-3/h8H,4-7,10H2,1-3H3. The van der Waals surface area contributed by atoms with E-state index in [1.807, 2.05) is 6.92 Å². The van der Waals surface area contributed by atoms with E-state index in [1.165, 1.54) is 0 Å². The number of ether oxygens (including phenoxy) is 1. The second-order valence-corrected chi connectivity index (χ2v) is 3.32. The van der Waals surface area contributed by atoms with Gasteiger partial charge in [0.2, 0.25) is 5.91 Å². The quantitative estimate of drug-likeness (QED) is 0.648. The Hall–Kier alpha value is -0.610. The highest BCUT2D eigenvalue weighted by Crippen LogP contribution is 1.97. The molecule has 0 bridgehead atoms. The molecule has 4 heteroatoms. The second kappa shape index (κ2) is 6.86. The molecular formula is C9H20N2O2. The fraction of sp³-hybridized carbons (Fsp3) is 0.889. The first-order chi connectivity index (χ1) is 6.07. The summed E-state index contributed by atoms with van der Waals surface area (Å²) >= 11 is 0. The van der Waals surface area contributed by atoms with Crippen LogP contribution in [0.3, 0.4) is 0 Å². The Balaban J connectivity index is 3.57. The van der Waals surface area contributed by atoms with Gasteiger partial charge in [-0.3, -0.25) is 4.79 Å². The first kappa shape index (κ1) is 12.4. The van der Waals surface area contributed by atoms with E-state index in [9.17, 15) is 4.79 Å². The lowest BCUT2D eigenvalue weighted by Gasteiger charge is -2.16. The number of nitrogens with zero attached hydrogens (tertiary/aromatic N) is 1. The van der Waals surface area contributed by atoms with Crippen LogP contribution in [0.5, 0.6) is 0 Å². The van der Waals surface area contributed by atoms with Gasteiger partial charge in [-0.1, -0.05) is 0 Å². The van der Waals surface area contributed by atoms with Crippen LogP contribution in [0.25, 0.3) is 0 Å². The number of hydrogen-bond acceptors (Lipinski definition) is 3. The molecule has 0 aromatic carbocycles. The van der Waals surface area contributed by atoms with Gasteiger partial charge >= 0.3 is 0 Å². The van der Waals surface area contributed by atoms with Gasteiger partial charge in [0, 0.05) is 33.2 Å². The van der Waals surface area contributed by atoms with Crippen molar-refractivity contribution in [1.29, 1.82) is 0 Å². The molecule has 0 fully saturated rings. The van der Waals surface area contributed by atoms with Gasteiger partial charge in [-0.05, 0) is 13.3 Å². The number of likely N-dealkylation sites (N-methyl/N-ethyl adjacent to an activating group) is 1. The first-order valence-electron chi connectivity index (χ1n) is 4.56. The molecule has 0 aromatic heterocycles. The van der Waals surface area contributed by atoms with Crippen molar-refractivity contribution in [2.45, 2.75) is 25.8 Å². The smallest absolute Gasteiger partial charge is 0.222 e. The van der Waals surface area contributed by atoms with E-state index >= 15 is 0 Å². The average molecular weight is 188 g/mol. The molecule has 1 atom stereocenters. The number of nitrogens with two attached hydrogens (primary N) is 1. The lowest BCUT2D eigenvalue weighted by atomic mass is 10.2. The minimum absolute atomic E-state index is 0.0970. The highest BCUT2D eigenvalue weighted by atomic mass is 16.5. The number of carbonyl (C=O) groups excluding carboxylic acids is 1. The normalized spacial score (nSPS) is 12.6. The molecule has 4 nitrogen and oxygen atoms in total. The Labute approximate surface area is 80.0 Å². The fourth-order valence-corrected chi connectivity index (χ4v) is 0.895. The summed E-state index contributed by atoms with van der Waals surface area (Å²) in [5.74, 6) is 0.134. The molecular weight excluding hydrogens is 168 g/mol. The SMILES string of the molecule is COCCN(C)C(=O)CCC(C)N. The van der Waals surface area contributed by atoms with Crippen LogP contribution >= 0.6 is 0 Å². The monoisotopic (exact) mass is 188 g/mol. The van der Waals surface area contributed by atoms with E-state index in [1.54, 1.807) is 19.1 Å². The average Bonchev–Trinajstić information content (AvgIpc) is 2.10. The van der Waals surface area contributed by atoms with Crippen LogP contribution in [-0.4, -0.2) is 44.2 Å². The third-order valence-electron chi connectivity index (χ3n) is 1.87. The van der Waals surface area contributed by atoms with Crippen molar-refractivity contribution in [3.05, 3.63) is 0 Å². The lowest BCUT2D eigenvalue weighted by molar-refractivity contribution is -0.130. The van der Waals surface area contributed by atoms with E-state index < -0.39 is 0 Å². The number of carbonyl (C=O) groups is 1. The number of rotatable bonds is 6. The molecule has 1 amide bonds. The molecule has 0 rings (SSSR count). The summed E-state index contributed by atoms with van der Waals surface area (Å²) in [7, 11) is 3.41. The molecule has 0 aliphatic rings. The third-order valence-corrected chi connectivity index (χ3v) is 1.87. The summed E-state index contributed by atoms with van der Waals surface area (Å²) in [4.78, 5) is 13.0. The van der Waals surface area contributed by atoms with Crippen molar-refractivity contribution in [2.24, 2.45) is 5.73 Å². The fourth-order valence-electron chi connectivity index (χ4n) is 0.895. The Morgan fingerprint density at radius 2 is 2.23 bits per heavy atom. The van der Waals surface area contributed by atoms with Gasteiger partial charge in [0.15, 0.2) is 0 Å². The Morgan fingerprint density at radius 1 is 1.62 bits per heavy atom. The van der Waals surface area contributed by atoms with Crippen LogP contribution in [0.4, 0.5) is 0 Å². The van der Waals surface area contributed by atoms with Crippen molar-refractivity contribution in [2.75, 3.05) is 27.3 Å². The highest BCUT2D eigenvalue weighted by Gasteiger charge is 2.08. The maximum absolute atomic E-state index is 11.4. The van der Waals surface area contributed by atoms with Crippen molar-refractivity contribution >= 4 is 5.91 Å². The maximum Gasteiger partial charge on any atom is 0.222 e. The summed E-state index contributed by atoms with van der Waals surface area (Å²) in [6, 6.07) is 0.0970. The zero-order valence-electron chi connectivity index (χ0n) is 8.75. The van der Waals surface area contributed by atoms with Gasteiger partial charge in [0.1, 0.15) is 0 Å². The van der Waals surface area contributed by atoms with E-state index in [-0.39, 0.29) is 11.9 Å². The Kier molecular flexibility index (Phi) is 6.54. The summed E-state index contributed by atoms with van der Waals surface area (Å²) in [6.45, 7) is 3.14. The molecule has 0 saturated heterocycles. The minimum Gasteiger partial charge on any atom is -0.383 e. The Morgan fingerprint density at radius 3 is 2.69 bits per heavy atom. The van der Waals surface area contributed by atoms with Gasteiger partial charge in [-0.25, -0.2) is 0 Å². The molecule has 2 N–H and O–H groups in total. The van der Waals surface area contributed by atoms with E-state index in [4.69, 9.17) is 10.5 Å².